The monoisotopic (exact) mass is 598 g/mol. The van der Waals surface area contributed by atoms with Crippen LogP contribution in [0.1, 0.15) is 44.9 Å². The summed E-state index contributed by atoms with van der Waals surface area (Å²) in [5, 5.41) is 35.9. The second kappa shape index (κ2) is 17.9. The molecule has 42 heavy (non-hydrogen) atoms. The van der Waals surface area contributed by atoms with Crippen molar-refractivity contribution in [1.82, 2.24) is 31.5 Å². The maximum atomic E-state index is 12.9. The van der Waals surface area contributed by atoms with Gasteiger partial charge in [-0.1, -0.05) is 0 Å². The summed E-state index contributed by atoms with van der Waals surface area (Å²) in [5.74, 6) is -5.53. The summed E-state index contributed by atoms with van der Waals surface area (Å²) in [4.78, 5) is 75.2. The Morgan fingerprint density at radius 2 is 1.45 bits per heavy atom. The zero-order chi connectivity index (χ0) is 31.8. The first-order valence-corrected chi connectivity index (χ1v) is 13.3. The van der Waals surface area contributed by atoms with Crippen LogP contribution in [0.25, 0.3) is 0 Å². The number of rotatable bonds is 18. The smallest absolute Gasteiger partial charge is 0.326 e. The summed E-state index contributed by atoms with van der Waals surface area (Å²) in [6.45, 7) is 0.177. The molecule has 19 nitrogen and oxygen atoms in total. The minimum Gasteiger partial charge on any atom is -0.480 e. The fraction of sp³-hybridized carbons (Fsp3) is 0.652. The van der Waals surface area contributed by atoms with Crippen LogP contribution in [0.3, 0.4) is 0 Å². The minimum absolute atomic E-state index is 0.0595. The second-order valence-electron chi connectivity index (χ2n) is 9.67. The molecule has 0 bridgehead atoms. The lowest BCUT2D eigenvalue weighted by Crippen LogP contribution is -2.55. The normalized spacial score (nSPS) is 16.3. The molecule has 0 radical (unpaired) electrons. The largest absolute Gasteiger partial charge is 0.480 e. The number of likely N-dealkylation sites (tertiary alicyclic amines) is 1. The van der Waals surface area contributed by atoms with E-state index in [9.17, 15) is 33.9 Å². The van der Waals surface area contributed by atoms with E-state index in [-0.39, 0.29) is 44.3 Å². The standard InChI is InChI=1S/C23H42N12O7/c24-12(4-1-7-30-22(26)27)18(38)34-14(10-16(25)36)19(39)32-11-17(37)35-9-3-6-15(35)20(40)33-13(21(41)42)5-2-8-31-23(28)29/h12-15H,1-11,24H2,(H2,25,36)(H,32,39)(H,33,40)(H,34,38)(H,41,42)(H4,26,27,30)(H4,28,29,31)/t12-,13-,14-,15-/m0/s1. The van der Waals surface area contributed by atoms with Gasteiger partial charge in [0.2, 0.25) is 29.5 Å². The van der Waals surface area contributed by atoms with Crippen LogP contribution in [0.2, 0.25) is 0 Å². The molecule has 0 saturated carbocycles. The van der Waals surface area contributed by atoms with Gasteiger partial charge in [0.25, 0.3) is 0 Å². The zero-order valence-electron chi connectivity index (χ0n) is 23.2. The van der Waals surface area contributed by atoms with E-state index in [2.05, 4.69) is 26.6 Å². The van der Waals surface area contributed by atoms with Gasteiger partial charge in [-0.25, -0.2) is 4.79 Å². The first-order chi connectivity index (χ1) is 19.7. The minimum atomic E-state index is -1.41. The van der Waals surface area contributed by atoms with E-state index in [1.165, 1.54) is 4.90 Å². The van der Waals surface area contributed by atoms with Gasteiger partial charge in [-0.3, -0.25) is 34.8 Å². The van der Waals surface area contributed by atoms with E-state index in [0.29, 0.717) is 25.8 Å². The Hall–Kier alpha value is -4.68. The molecule has 1 heterocycles. The fourth-order valence-corrected chi connectivity index (χ4v) is 4.15. The molecule has 5 amide bonds. The van der Waals surface area contributed by atoms with Crippen LogP contribution < -0.4 is 49.5 Å². The third-order valence-electron chi connectivity index (χ3n) is 6.27. The van der Waals surface area contributed by atoms with Crippen LogP contribution in [0, 0.1) is 10.8 Å². The van der Waals surface area contributed by atoms with E-state index >= 15 is 0 Å². The number of amides is 5. The van der Waals surface area contributed by atoms with Gasteiger partial charge >= 0.3 is 5.97 Å². The zero-order valence-corrected chi connectivity index (χ0v) is 23.2. The van der Waals surface area contributed by atoms with Crippen molar-refractivity contribution in [3.05, 3.63) is 0 Å². The van der Waals surface area contributed by atoms with Crippen molar-refractivity contribution in [1.29, 1.82) is 10.8 Å². The number of carbonyl (C=O) groups is 6. The molecule has 1 rings (SSSR count). The lowest BCUT2D eigenvalue weighted by molar-refractivity contribution is -0.144. The lowest BCUT2D eigenvalue weighted by atomic mass is 10.1. The topological polar surface area (TPSA) is 338 Å². The van der Waals surface area contributed by atoms with Crippen molar-refractivity contribution in [2.24, 2.45) is 22.9 Å². The highest BCUT2D eigenvalue weighted by Gasteiger charge is 2.36. The highest BCUT2D eigenvalue weighted by atomic mass is 16.4. The van der Waals surface area contributed by atoms with E-state index in [0.717, 1.165) is 0 Å². The van der Waals surface area contributed by atoms with Crippen molar-refractivity contribution in [3.8, 4) is 0 Å². The van der Waals surface area contributed by atoms with Crippen molar-refractivity contribution < 1.29 is 33.9 Å². The Morgan fingerprint density at radius 1 is 0.857 bits per heavy atom. The Kier molecular flexibility index (Phi) is 15.1. The van der Waals surface area contributed by atoms with E-state index in [4.69, 9.17) is 33.8 Å². The Bertz CT molecular complexity index is 1020. The maximum Gasteiger partial charge on any atom is 0.326 e. The van der Waals surface area contributed by atoms with Gasteiger partial charge < -0.3 is 59.5 Å². The summed E-state index contributed by atoms with van der Waals surface area (Å²) in [6, 6.07) is -4.62. The van der Waals surface area contributed by atoms with Crippen LogP contribution in [-0.2, 0) is 28.8 Å². The molecule has 236 valence electrons. The molecule has 4 atom stereocenters. The number of aliphatic carboxylic acids is 1. The Morgan fingerprint density at radius 3 is 2.00 bits per heavy atom. The molecule has 1 aliphatic heterocycles. The lowest BCUT2D eigenvalue weighted by Gasteiger charge is -2.26. The van der Waals surface area contributed by atoms with Crippen LogP contribution in [-0.4, -0.2) is 108 Å². The molecule has 19 heteroatoms. The fourth-order valence-electron chi connectivity index (χ4n) is 4.15. The molecule has 0 aromatic carbocycles. The third kappa shape index (κ3) is 13.1. The number of nitrogens with zero attached hydrogens (tertiary/aromatic N) is 1. The highest BCUT2D eigenvalue weighted by Crippen LogP contribution is 2.18. The molecule has 0 aliphatic carbocycles. The molecule has 16 N–H and O–H groups in total. The van der Waals surface area contributed by atoms with Crippen LogP contribution in [0.5, 0.6) is 0 Å². The van der Waals surface area contributed by atoms with Gasteiger partial charge in [-0.05, 0) is 38.5 Å². The molecular weight excluding hydrogens is 556 g/mol. The average Bonchev–Trinajstić information content (AvgIpc) is 3.40. The highest BCUT2D eigenvalue weighted by molar-refractivity contribution is 5.96. The Labute approximate surface area is 242 Å². The summed E-state index contributed by atoms with van der Waals surface area (Å²) in [6.07, 6.45) is 1.14. The second-order valence-corrected chi connectivity index (χ2v) is 9.67. The van der Waals surface area contributed by atoms with E-state index < -0.39 is 72.6 Å². The average molecular weight is 599 g/mol. The van der Waals surface area contributed by atoms with Gasteiger partial charge in [-0.2, -0.15) is 0 Å². The van der Waals surface area contributed by atoms with Crippen molar-refractivity contribution >= 4 is 47.4 Å². The van der Waals surface area contributed by atoms with Crippen LogP contribution >= 0.6 is 0 Å². The number of carboxylic acids is 1. The van der Waals surface area contributed by atoms with Gasteiger partial charge in [0.1, 0.15) is 18.1 Å². The third-order valence-corrected chi connectivity index (χ3v) is 6.27. The molecule has 1 fully saturated rings. The maximum absolute atomic E-state index is 12.9. The van der Waals surface area contributed by atoms with Gasteiger partial charge in [0.05, 0.1) is 19.0 Å². The molecular formula is C23H42N12O7. The predicted molar refractivity (Wildman–Crippen MR) is 149 cm³/mol. The number of primary amides is 1. The quantitative estimate of drug-likeness (QED) is 0.0400. The number of nitrogens with two attached hydrogens (primary N) is 4. The van der Waals surface area contributed by atoms with E-state index in [1.807, 2.05) is 0 Å². The first-order valence-electron chi connectivity index (χ1n) is 13.3. The summed E-state index contributed by atoms with van der Waals surface area (Å²) in [5.41, 5.74) is 21.4. The number of carboxylic acid groups (broad SMARTS) is 1. The van der Waals surface area contributed by atoms with Crippen LogP contribution in [0.15, 0.2) is 0 Å². The number of carbonyl (C=O) groups excluding carboxylic acids is 5. The van der Waals surface area contributed by atoms with E-state index in [1.54, 1.807) is 0 Å². The molecule has 0 unspecified atom stereocenters. The molecule has 1 aliphatic rings. The molecule has 0 spiro atoms. The van der Waals surface area contributed by atoms with Gasteiger partial charge in [-0.15, -0.1) is 0 Å². The Balaban J connectivity index is 2.69. The van der Waals surface area contributed by atoms with Crippen molar-refractivity contribution in [3.63, 3.8) is 0 Å². The van der Waals surface area contributed by atoms with Gasteiger partial charge in [0, 0.05) is 19.6 Å². The summed E-state index contributed by atoms with van der Waals surface area (Å²) in [7, 11) is 0. The SMILES string of the molecule is N=C(N)NCCC[C@H](NC(=O)[C@@H]1CCCN1C(=O)CNC(=O)[C@H](CC(N)=O)NC(=O)[C@@H](N)CCCNC(=N)N)C(=O)O. The summed E-state index contributed by atoms with van der Waals surface area (Å²) >= 11 is 0. The van der Waals surface area contributed by atoms with Crippen molar-refractivity contribution in [2.45, 2.75) is 69.1 Å². The first kappa shape index (κ1) is 35.3. The number of hydrogen-bond acceptors (Lipinski definition) is 9. The molecule has 1 saturated heterocycles. The van der Waals surface area contributed by atoms with Crippen LogP contribution in [0.4, 0.5) is 0 Å². The van der Waals surface area contributed by atoms with Crippen molar-refractivity contribution in [2.75, 3.05) is 26.2 Å². The molecule has 0 aromatic rings. The summed E-state index contributed by atoms with van der Waals surface area (Å²) < 4.78 is 0. The number of hydrogen-bond donors (Lipinski definition) is 12. The van der Waals surface area contributed by atoms with Gasteiger partial charge in [0.15, 0.2) is 11.9 Å². The number of nitrogens with one attached hydrogen (secondary N) is 7. The number of guanidine groups is 2. The predicted octanol–water partition coefficient (Wildman–Crippen LogP) is -5.12. The molecule has 0 aromatic heterocycles.